The standard InChI is InChI=1S/C15H26FN3O/c1-3-4-7-19(8-9-20)11-12(2)15(17)14-6-5-13(16)10-18-14/h5-6,10,12,15,20H,3-4,7-9,11,17H2,1-2H3. The van der Waals surface area contributed by atoms with Crippen LogP contribution in [0.1, 0.15) is 38.4 Å². The van der Waals surface area contributed by atoms with Gasteiger partial charge in [-0.1, -0.05) is 20.3 Å². The molecule has 3 N–H and O–H groups in total. The number of rotatable bonds is 9. The molecule has 1 rings (SSSR count). The summed E-state index contributed by atoms with van der Waals surface area (Å²) in [7, 11) is 0. The van der Waals surface area contributed by atoms with Crippen molar-refractivity contribution in [1.29, 1.82) is 0 Å². The summed E-state index contributed by atoms with van der Waals surface area (Å²) in [5.41, 5.74) is 6.89. The molecule has 0 radical (unpaired) electrons. The lowest BCUT2D eigenvalue weighted by atomic mass is 9.98. The van der Waals surface area contributed by atoms with Crippen LogP contribution in [0.5, 0.6) is 0 Å². The van der Waals surface area contributed by atoms with E-state index in [0.717, 1.165) is 25.9 Å². The Morgan fingerprint density at radius 3 is 2.70 bits per heavy atom. The van der Waals surface area contributed by atoms with Crippen LogP contribution in [0.4, 0.5) is 4.39 Å². The molecular weight excluding hydrogens is 257 g/mol. The number of aliphatic hydroxyl groups is 1. The van der Waals surface area contributed by atoms with Crippen molar-refractivity contribution in [2.75, 3.05) is 26.2 Å². The van der Waals surface area contributed by atoms with Crippen molar-refractivity contribution in [1.82, 2.24) is 9.88 Å². The molecular formula is C15H26FN3O. The number of pyridine rings is 1. The summed E-state index contributed by atoms with van der Waals surface area (Å²) in [5.74, 6) is -0.158. The van der Waals surface area contributed by atoms with Gasteiger partial charge in [0.25, 0.3) is 0 Å². The van der Waals surface area contributed by atoms with Gasteiger partial charge in [0.1, 0.15) is 5.82 Å². The first-order valence-electron chi connectivity index (χ1n) is 7.28. The minimum absolute atomic E-state index is 0.153. The quantitative estimate of drug-likeness (QED) is 0.727. The van der Waals surface area contributed by atoms with E-state index in [4.69, 9.17) is 10.8 Å². The van der Waals surface area contributed by atoms with Crippen molar-refractivity contribution in [3.8, 4) is 0 Å². The minimum Gasteiger partial charge on any atom is -0.395 e. The maximum Gasteiger partial charge on any atom is 0.141 e. The predicted molar refractivity (Wildman–Crippen MR) is 78.7 cm³/mol. The third-order valence-corrected chi connectivity index (χ3v) is 3.50. The summed E-state index contributed by atoms with van der Waals surface area (Å²) in [6, 6.07) is 2.80. The van der Waals surface area contributed by atoms with Gasteiger partial charge in [-0.15, -0.1) is 0 Å². The molecule has 0 bridgehead atoms. The molecule has 0 aromatic carbocycles. The summed E-state index contributed by atoms with van der Waals surface area (Å²) < 4.78 is 12.9. The lowest BCUT2D eigenvalue weighted by Crippen LogP contribution is -2.36. The van der Waals surface area contributed by atoms with Gasteiger partial charge >= 0.3 is 0 Å². The molecule has 0 aliphatic heterocycles. The number of aromatic nitrogens is 1. The van der Waals surface area contributed by atoms with Gasteiger partial charge < -0.3 is 15.7 Å². The summed E-state index contributed by atoms with van der Waals surface area (Å²) in [5, 5.41) is 9.11. The SMILES string of the molecule is CCCCN(CCO)CC(C)C(N)c1ccc(F)cn1. The highest BCUT2D eigenvalue weighted by Gasteiger charge is 2.19. The Kier molecular flexibility index (Phi) is 7.65. The molecule has 0 aliphatic rings. The van der Waals surface area contributed by atoms with E-state index < -0.39 is 0 Å². The topological polar surface area (TPSA) is 62.4 Å². The molecule has 2 atom stereocenters. The zero-order valence-electron chi connectivity index (χ0n) is 12.4. The second-order valence-electron chi connectivity index (χ2n) is 5.28. The van der Waals surface area contributed by atoms with E-state index in [1.54, 1.807) is 6.07 Å². The van der Waals surface area contributed by atoms with Crippen molar-refractivity contribution < 1.29 is 9.50 Å². The Morgan fingerprint density at radius 2 is 2.15 bits per heavy atom. The Morgan fingerprint density at radius 1 is 1.40 bits per heavy atom. The normalized spacial score (nSPS) is 14.5. The second-order valence-corrected chi connectivity index (χ2v) is 5.28. The third kappa shape index (κ3) is 5.53. The molecule has 114 valence electrons. The summed E-state index contributed by atoms with van der Waals surface area (Å²) in [4.78, 5) is 6.27. The van der Waals surface area contributed by atoms with Gasteiger partial charge in [0.15, 0.2) is 0 Å². The summed E-state index contributed by atoms with van der Waals surface area (Å²) in [6.45, 7) is 6.79. The molecule has 20 heavy (non-hydrogen) atoms. The first-order valence-corrected chi connectivity index (χ1v) is 7.28. The number of halogens is 1. The van der Waals surface area contributed by atoms with E-state index in [1.165, 1.54) is 12.3 Å². The fourth-order valence-corrected chi connectivity index (χ4v) is 2.21. The van der Waals surface area contributed by atoms with E-state index in [2.05, 4.69) is 23.7 Å². The van der Waals surface area contributed by atoms with Crippen molar-refractivity contribution in [2.45, 2.75) is 32.7 Å². The van der Waals surface area contributed by atoms with Gasteiger partial charge in [-0.3, -0.25) is 4.98 Å². The van der Waals surface area contributed by atoms with Crippen LogP contribution >= 0.6 is 0 Å². The van der Waals surface area contributed by atoms with Crippen molar-refractivity contribution >= 4 is 0 Å². The predicted octanol–water partition coefficient (Wildman–Crippen LogP) is 1.95. The first-order chi connectivity index (χ1) is 9.58. The third-order valence-electron chi connectivity index (χ3n) is 3.50. The maximum atomic E-state index is 12.9. The molecule has 1 heterocycles. The molecule has 1 aromatic heterocycles. The lowest BCUT2D eigenvalue weighted by Gasteiger charge is -2.28. The molecule has 2 unspecified atom stereocenters. The van der Waals surface area contributed by atoms with E-state index in [0.29, 0.717) is 12.2 Å². The van der Waals surface area contributed by atoms with Crippen molar-refractivity contribution in [2.24, 2.45) is 11.7 Å². The van der Waals surface area contributed by atoms with Crippen LogP contribution < -0.4 is 5.73 Å². The van der Waals surface area contributed by atoms with Crippen LogP contribution in [-0.2, 0) is 0 Å². The van der Waals surface area contributed by atoms with Crippen LogP contribution in [0.2, 0.25) is 0 Å². The number of aliphatic hydroxyl groups excluding tert-OH is 1. The van der Waals surface area contributed by atoms with Crippen LogP contribution in [-0.4, -0.2) is 41.2 Å². The Bertz CT molecular complexity index is 372. The number of hydrogen-bond acceptors (Lipinski definition) is 4. The monoisotopic (exact) mass is 283 g/mol. The average Bonchev–Trinajstić information content (AvgIpc) is 2.45. The number of nitrogens with zero attached hydrogens (tertiary/aromatic N) is 2. The van der Waals surface area contributed by atoms with Gasteiger partial charge in [0.2, 0.25) is 0 Å². The molecule has 0 saturated heterocycles. The Labute approximate surface area is 120 Å². The molecule has 0 spiro atoms. The molecule has 0 amide bonds. The molecule has 0 saturated carbocycles. The zero-order chi connectivity index (χ0) is 15.0. The first kappa shape index (κ1) is 17.0. The lowest BCUT2D eigenvalue weighted by molar-refractivity contribution is 0.169. The summed E-state index contributed by atoms with van der Waals surface area (Å²) >= 11 is 0. The van der Waals surface area contributed by atoms with Crippen molar-refractivity contribution in [3.63, 3.8) is 0 Å². The van der Waals surface area contributed by atoms with Crippen molar-refractivity contribution in [3.05, 3.63) is 29.8 Å². The number of unbranched alkanes of at least 4 members (excludes halogenated alkanes) is 1. The van der Waals surface area contributed by atoms with Gasteiger partial charge in [-0.05, 0) is 31.0 Å². The van der Waals surface area contributed by atoms with Crippen LogP contribution in [0.15, 0.2) is 18.3 Å². The van der Waals surface area contributed by atoms with Crippen LogP contribution in [0.3, 0.4) is 0 Å². The molecule has 0 aliphatic carbocycles. The van der Waals surface area contributed by atoms with Gasteiger partial charge in [-0.25, -0.2) is 4.39 Å². The van der Waals surface area contributed by atoms with E-state index in [-0.39, 0.29) is 24.4 Å². The van der Waals surface area contributed by atoms with Gasteiger partial charge in [-0.2, -0.15) is 0 Å². The highest BCUT2D eigenvalue weighted by Crippen LogP contribution is 2.18. The fraction of sp³-hybridized carbons (Fsp3) is 0.667. The van der Waals surface area contributed by atoms with Gasteiger partial charge in [0.05, 0.1) is 24.5 Å². The largest absolute Gasteiger partial charge is 0.395 e. The highest BCUT2D eigenvalue weighted by molar-refractivity contribution is 5.10. The number of nitrogens with two attached hydrogens (primary N) is 1. The summed E-state index contributed by atoms with van der Waals surface area (Å²) in [6.07, 6.45) is 3.43. The molecule has 4 nitrogen and oxygen atoms in total. The highest BCUT2D eigenvalue weighted by atomic mass is 19.1. The molecule has 1 aromatic rings. The average molecular weight is 283 g/mol. The van der Waals surface area contributed by atoms with E-state index in [9.17, 15) is 4.39 Å². The molecule has 5 heteroatoms. The van der Waals surface area contributed by atoms with Gasteiger partial charge in [0, 0.05) is 13.1 Å². The van der Waals surface area contributed by atoms with Crippen LogP contribution in [0.25, 0.3) is 0 Å². The molecule has 0 fully saturated rings. The van der Waals surface area contributed by atoms with E-state index >= 15 is 0 Å². The van der Waals surface area contributed by atoms with E-state index in [1.807, 2.05) is 0 Å². The minimum atomic E-state index is -0.349. The maximum absolute atomic E-state index is 12.9. The van der Waals surface area contributed by atoms with Crippen LogP contribution in [0, 0.1) is 11.7 Å². The smallest absolute Gasteiger partial charge is 0.141 e. The second kappa shape index (κ2) is 9.00. The fourth-order valence-electron chi connectivity index (χ4n) is 2.21. The zero-order valence-corrected chi connectivity index (χ0v) is 12.4. The Hall–Kier alpha value is -1.04. The Balaban J connectivity index is 2.57. The number of hydrogen-bond donors (Lipinski definition) is 2.